The molecular weight excluding hydrogens is 298 g/mol. The Balaban J connectivity index is 1.78. The zero-order chi connectivity index (χ0) is 15.9. The number of hydrogen-bond donors (Lipinski definition) is 1. The van der Waals surface area contributed by atoms with Crippen molar-refractivity contribution in [2.45, 2.75) is 26.2 Å². The zero-order valence-electron chi connectivity index (χ0n) is 12.4. The van der Waals surface area contributed by atoms with E-state index in [0.29, 0.717) is 35.5 Å². The second-order valence-electron chi connectivity index (χ2n) is 5.15. The highest BCUT2D eigenvalue weighted by Crippen LogP contribution is 2.20. The molecule has 1 N–H and O–H groups in total. The van der Waals surface area contributed by atoms with Crippen LogP contribution in [-0.2, 0) is 4.79 Å². The number of aryl methyl sites for hydroxylation is 1. The number of halogens is 1. The van der Waals surface area contributed by atoms with Gasteiger partial charge in [0.05, 0.1) is 0 Å². The van der Waals surface area contributed by atoms with Gasteiger partial charge in [-0.1, -0.05) is 48.0 Å². The van der Waals surface area contributed by atoms with Crippen molar-refractivity contribution in [1.82, 2.24) is 0 Å². The second kappa shape index (κ2) is 7.76. The molecule has 0 heterocycles. The molecule has 0 saturated heterocycles. The topological polar surface area (TPSA) is 46.2 Å². The first-order valence-electron chi connectivity index (χ1n) is 7.20. The Labute approximate surface area is 135 Å². The van der Waals surface area contributed by atoms with Gasteiger partial charge in [0, 0.05) is 29.1 Å². The first kappa shape index (κ1) is 16.2. The van der Waals surface area contributed by atoms with Crippen LogP contribution < -0.4 is 5.32 Å². The van der Waals surface area contributed by atoms with E-state index in [4.69, 9.17) is 11.6 Å². The number of anilines is 1. The summed E-state index contributed by atoms with van der Waals surface area (Å²) in [6.45, 7) is 1.91. The first-order valence-corrected chi connectivity index (χ1v) is 7.58. The summed E-state index contributed by atoms with van der Waals surface area (Å²) >= 11 is 6.02. The Morgan fingerprint density at radius 3 is 2.45 bits per heavy atom. The molecule has 0 radical (unpaired) electrons. The lowest BCUT2D eigenvalue weighted by Gasteiger charge is -2.07. The molecule has 0 unspecified atom stereocenters. The number of Topliss-reactive ketones (excluding diaryl/α,β-unsaturated/α-hetero) is 1. The normalized spacial score (nSPS) is 10.3. The summed E-state index contributed by atoms with van der Waals surface area (Å²) in [5, 5.41) is 3.41. The molecule has 0 saturated carbocycles. The van der Waals surface area contributed by atoms with Gasteiger partial charge in [-0.05, 0) is 31.0 Å². The standard InChI is InChI=1S/C18H18ClNO2/c1-13-10-11-15(12-16(13)19)20-18(22)9-5-8-17(21)14-6-3-2-4-7-14/h2-4,6-7,10-12H,5,8-9H2,1H3,(H,20,22). The summed E-state index contributed by atoms with van der Waals surface area (Å²) in [4.78, 5) is 23.8. The molecule has 0 aliphatic carbocycles. The minimum Gasteiger partial charge on any atom is -0.326 e. The summed E-state index contributed by atoms with van der Waals surface area (Å²) in [5.41, 5.74) is 2.33. The molecule has 0 fully saturated rings. The smallest absolute Gasteiger partial charge is 0.224 e. The van der Waals surface area contributed by atoms with E-state index < -0.39 is 0 Å². The molecule has 0 aliphatic rings. The summed E-state index contributed by atoms with van der Waals surface area (Å²) in [6, 6.07) is 14.5. The van der Waals surface area contributed by atoms with E-state index in [9.17, 15) is 9.59 Å². The van der Waals surface area contributed by atoms with Crippen molar-refractivity contribution in [2.75, 3.05) is 5.32 Å². The molecule has 0 aliphatic heterocycles. The number of hydrogen-bond acceptors (Lipinski definition) is 2. The van der Waals surface area contributed by atoms with Gasteiger partial charge in [-0.2, -0.15) is 0 Å². The average molecular weight is 316 g/mol. The summed E-state index contributed by atoms with van der Waals surface area (Å²) in [7, 11) is 0. The molecule has 114 valence electrons. The van der Waals surface area contributed by atoms with E-state index >= 15 is 0 Å². The van der Waals surface area contributed by atoms with Gasteiger partial charge in [0.2, 0.25) is 5.91 Å². The minimum atomic E-state index is -0.110. The van der Waals surface area contributed by atoms with E-state index in [1.165, 1.54) is 0 Å². The van der Waals surface area contributed by atoms with Crippen LogP contribution in [0.25, 0.3) is 0 Å². The van der Waals surface area contributed by atoms with Gasteiger partial charge in [0.1, 0.15) is 0 Å². The zero-order valence-corrected chi connectivity index (χ0v) is 13.2. The first-order chi connectivity index (χ1) is 10.6. The fourth-order valence-corrected chi connectivity index (χ4v) is 2.25. The largest absolute Gasteiger partial charge is 0.326 e. The monoisotopic (exact) mass is 315 g/mol. The van der Waals surface area contributed by atoms with Crippen LogP contribution in [0.1, 0.15) is 35.2 Å². The Kier molecular flexibility index (Phi) is 5.73. The van der Waals surface area contributed by atoms with E-state index in [-0.39, 0.29) is 11.7 Å². The van der Waals surface area contributed by atoms with Crippen LogP contribution in [0.4, 0.5) is 5.69 Å². The molecule has 1 amide bonds. The SMILES string of the molecule is Cc1ccc(NC(=O)CCCC(=O)c2ccccc2)cc1Cl. The second-order valence-corrected chi connectivity index (χ2v) is 5.56. The Hall–Kier alpha value is -2.13. The maximum atomic E-state index is 11.9. The van der Waals surface area contributed by atoms with Crippen molar-refractivity contribution in [1.29, 1.82) is 0 Å². The van der Waals surface area contributed by atoms with Crippen molar-refractivity contribution in [3.05, 3.63) is 64.7 Å². The molecule has 0 aromatic heterocycles. The third-order valence-corrected chi connectivity index (χ3v) is 3.77. The Bertz CT molecular complexity index is 668. The number of carbonyl (C=O) groups excluding carboxylic acids is 2. The third kappa shape index (κ3) is 4.71. The summed E-state index contributed by atoms with van der Waals surface area (Å²) in [6.07, 6.45) is 1.20. The molecule has 22 heavy (non-hydrogen) atoms. The van der Waals surface area contributed by atoms with Crippen LogP contribution >= 0.6 is 11.6 Å². The van der Waals surface area contributed by atoms with Crippen molar-refractivity contribution in [3.63, 3.8) is 0 Å². The van der Waals surface area contributed by atoms with Gasteiger partial charge in [-0.3, -0.25) is 9.59 Å². The van der Waals surface area contributed by atoms with Gasteiger partial charge in [0.25, 0.3) is 0 Å². The number of rotatable bonds is 6. The molecule has 0 bridgehead atoms. The van der Waals surface area contributed by atoms with Crippen molar-refractivity contribution in [3.8, 4) is 0 Å². The van der Waals surface area contributed by atoms with Crippen LogP contribution in [0.2, 0.25) is 5.02 Å². The highest BCUT2D eigenvalue weighted by Gasteiger charge is 2.08. The van der Waals surface area contributed by atoms with Crippen molar-refractivity contribution in [2.24, 2.45) is 0 Å². The Morgan fingerprint density at radius 1 is 1.05 bits per heavy atom. The molecule has 0 spiro atoms. The maximum Gasteiger partial charge on any atom is 0.224 e. The van der Waals surface area contributed by atoms with Gasteiger partial charge in [-0.15, -0.1) is 0 Å². The van der Waals surface area contributed by atoms with Crippen molar-refractivity contribution < 1.29 is 9.59 Å². The molecule has 2 aromatic rings. The van der Waals surface area contributed by atoms with Gasteiger partial charge >= 0.3 is 0 Å². The lowest BCUT2D eigenvalue weighted by molar-refractivity contribution is -0.116. The predicted molar refractivity (Wildman–Crippen MR) is 89.4 cm³/mol. The molecule has 3 nitrogen and oxygen atoms in total. The number of carbonyl (C=O) groups is 2. The number of benzene rings is 2. The third-order valence-electron chi connectivity index (χ3n) is 3.36. The fraction of sp³-hybridized carbons (Fsp3) is 0.222. The average Bonchev–Trinajstić information content (AvgIpc) is 2.51. The van der Waals surface area contributed by atoms with Gasteiger partial charge in [0.15, 0.2) is 5.78 Å². The van der Waals surface area contributed by atoms with E-state index in [2.05, 4.69) is 5.32 Å². The number of ketones is 1. The quantitative estimate of drug-likeness (QED) is 0.789. The Morgan fingerprint density at radius 2 is 1.77 bits per heavy atom. The van der Waals surface area contributed by atoms with Crippen LogP contribution in [0, 0.1) is 6.92 Å². The molecule has 4 heteroatoms. The minimum absolute atomic E-state index is 0.0618. The van der Waals surface area contributed by atoms with E-state index in [0.717, 1.165) is 5.56 Å². The van der Waals surface area contributed by atoms with Crippen LogP contribution in [0.15, 0.2) is 48.5 Å². The van der Waals surface area contributed by atoms with Gasteiger partial charge < -0.3 is 5.32 Å². The van der Waals surface area contributed by atoms with Crippen LogP contribution in [0.5, 0.6) is 0 Å². The van der Waals surface area contributed by atoms with Crippen LogP contribution in [-0.4, -0.2) is 11.7 Å². The number of nitrogens with one attached hydrogen (secondary N) is 1. The van der Waals surface area contributed by atoms with Crippen LogP contribution in [0.3, 0.4) is 0 Å². The molecule has 2 aromatic carbocycles. The molecule has 2 rings (SSSR count). The lowest BCUT2D eigenvalue weighted by Crippen LogP contribution is -2.12. The van der Waals surface area contributed by atoms with Gasteiger partial charge in [-0.25, -0.2) is 0 Å². The highest BCUT2D eigenvalue weighted by molar-refractivity contribution is 6.31. The summed E-state index contributed by atoms with van der Waals surface area (Å²) in [5.74, 6) is -0.0486. The van der Waals surface area contributed by atoms with E-state index in [1.807, 2.05) is 37.3 Å². The van der Waals surface area contributed by atoms with Crippen molar-refractivity contribution >= 4 is 29.0 Å². The molecular formula is C18H18ClNO2. The lowest BCUT2D eigenvalue weighted by atomic mass is 10.1. The highest BCUT2D eigenvalue weighted by atomic mass is 35.5. The number of amides is 1. The fourth-order valence-electron chi connectivity index (χ4n) is 2.07. The molecule has 0 atom stereocenters. The summed E-state index contributed by atoms with van der Waals surface area (Å²) < 4.78 is 0. The predicted octanol–water partition coefficient (Wildman–Crippen LogP) is 4.64. The van der Waals surface area contributed by atoms with E-state index in [1.54, 1.807) is 18.2 Å². The maximum absolute atomic E-state index is 11.9.